The van der Waals surface area contributed by atoms with Crippen molar-refractivity contribution in [2.75, 3.05) is 27.4 Å². The van der Waals surface area contributed by atoms with Crippen molar-refractivity contribution in [3.8, 4) is 0 Å². The zero-order chi connectivity index (χ0) is 12.1. The molecule has 2 rings (SSSR count). The van der Waals surface area contributed by atoms with Crippen LogP contribution in [0.1, 0.15) is 24.6 Å². The molecule has 96 valence electrons. The Labute approximate surface area is 102 Å². The minimum absolute atomic E-state index is 0.0781. The average molecular weight is 239 g/mol. The lowest BCUT2D eigenvalue weighted by Crippen LogP contribution is -2.26. The van der Waals surface area contributed by atoms with Gasteiger partial charge < -0.3 is 19.4 Å². The van der Waals surface area contributed by atoms with E-state index < -0.39 is 0 Å². The third-order valence-electron chi connectivity index (χ3n) is 3.25. The summed E-state index contributed by atoms with van der Waals surface area (Å²) in [6, 6.07) is 0.442. The van der Waals surface area contributed by atoms with E-state index in [0.29, 0.717) is 12.6 Å². The van der Waals surface area contributed by atoms with Crippen molar-refractivity contribution in [1.82, 2.24) is 14.9 Å². The van der Waals surface area contributed by atoms with Crippen LogP contribution in [0.2, 0.25) is 0 Å². The van der Waals surface area contributed by atoms with Crippen LogP contribution in [-0.4, -0.2) is 43.0 Å². The number of aromatic nitrogens is 2. The maximum Gasteiger partial charge on any atom is 0.0983 e. The summed E-state index contributed by atoms with van der Waals surface area (Å²) in [7, 11) is 3.41. The van der Waals surface area contributed by atoms with E-state index in [2.05, 4.69) is 14.9 Å². The third kappa shape index (κ3) is 3.06. The Balaban J connectivity index is 2.02. The van der Waals surface area contributed by atoms with Gasteiger partial charge in [0.15, 0.2) is 0 Å². The Morgan fingerprint density at radius 1 is 1.59 bits per heavy atom. The van der Waals surface area contributed by atoms with Crippen molar-refractivity contribution >= 4 is 0 Å². The van der Waals surface area contributed by atoms with Crippen LogP contribution in [0, 0.1) is 0 Å². The Morgan fingerprint density at radius 3 is 3.12 bits per heavy atom. The summed E-state index contributed by atoms with van der Waals surface area (Å²) in [6.07, 6.45) is 6.32. The predicted octanol–water partition coefficient (Wildman–Crippen LogP) is 0.969. The third-order valence-corrected chi connectivity index (χ3v) is 3.25. The van der Waals surface area contributed by atoms with Gasteiger partial charge in [-0.15, -0.1) is 0 Å². The summed E-state index contributed by atoms with van der Waals surface area (Å²) >= 11 is 0. The van der Waals surface area contributed by atoms with E-state index in [1.807, 2.05) is 12.5 Å². The number of hydrogen-bond acceptors (Lipinski definition) is 4. The molecule has 17 heavy (non-hydrogen) atoms. The van der Waals surface area contributed by atoms with E-state index in [0.717, 1.165) is 13.1 Å². The van der Waals surface area contributed by atoms with E-state index in [4.69, 9.17) is 9.47 Å². The zero-order valence-electron chi connectivity index (χ0n) is 10.6. The van der Waals surface area contributed by atoms with Gasteiger partial charge in [0.2, 0.25) is 0 Å². The first-order valence-corrected chi connectivity index (χ1v) is 6.10. The number of methoxy groups -OCH3 is 2. The van der Waals surface area contributed by atoms with Gasteiger partial charge in [-0.1, -0.05) is 0 Å². The first kappa shape index (κ1) is 12.5. The standard InChI is InChI=1S/C12H21N3O2/c1-16-8-10(17-2)7-15-9-13-6-12(15)11-4-3-5-14-11/h6,9-11,14H,3-5,7-8H2,1-2H3. The number of nitrogens with one attached hydrogen (secondary N) is 1. The first-order chi connectivity index (χ1) is 8.35. The molecule has 1 aliphatic rings. The van der Waals surface area contributed by atoms with Crippen molar-refractivity contribution in [2.24, 2.45) is 0 Å². The molecule has 0 spiro atoms. The highest BCUT2D eigenvalue weighted by Gasteiger charge is 2.20. The van der Waals surface area contributed by atoms with Crippen molar-refractivity contribution in [1.29, 1.82) is 0 Å². The Morgan fingerprint density at radius 2 is 2.47 bits per heavy atom. The highest BCUT2D eigenvalue weighted by Crippen LogP contribution is 2.22. The molecule has 5 nitrogen and oxygen atoms in total. The van der Waals surface area contributed by atoms with Crippen LogP contribution in [0.15, 0.2) is 12.5 Å². The van der Waals surface area contributed by atoms with Crippen LogP contribution in [0.5, 0.6) is 0 Å². The van der Waals surface area contributed by atoms with Gasteiger partial charge in [0, 0.05) is 26.5 Å². The molecule has 0 aromatic carbocycles. The summed E-state index contributed by atoms with van der Waals surface area (Å²) in [5.74, 6) is 0. The highest BCUT2D eigenvalue weighted by molar-refractivity contribution is 5.07. The first-order valence-electron chi connectivity index (χ1n) is 6.10. The molecule has 1 aliphatic heterocycles. The molecule has 0 bridgehead atoms. The summed E-state index contributed by atoms with van der Waals surface area (Å²) < 4.78 is 12.7. The molecule has 0 radical (unpaired) electrons. The van der Waals surface area contributed by atoms with E-state index in [9.17, 15) is 0 Å². The summed E-state index contributed by atoms with van der Waals surface area (Å²) in [6.45, 7) is 2.49. The van der Waals surface area contributed by atoms with Crippen molar-refractivity contribution in [3.05, 3.63) is 18.2 Å². The number of rotatable bonds is 6. The molecule has 2 unspecified atom stereocenters. The zero-order valence-corrected chi connectivity index (χ0v) is 10.6. The van der Waals surface area contributed by atoms with Crippen LogP contribution in [0.4, 0.5) is 0 Å². The van der Waals surface area contributed by atoms with Gasteiger partial charge in [0.05, 0.1) is 31.3 Å². The summed E-state index contributed by atoms with van der Waals surface area (Å²) in [5, 5.41) is 3.49. The van der Waals surface area contributed by atoms with Gasteiger partial charge in [-0.25, -0.2) is 4.98 Å². The molecule has 0 aliphatic carbocycles. The smallest absolute Gasteiger partial charge is 0.0983 e. The molecule has 1 fully saturated rings. The monoisotopic (exact) mass is 239 g/mol. The summed E-state index contributed by atoms with van der Waals surface area (Å²) in [5.41, 5.74) is 1.25. The minimum Gasteiger partial charge on any atom is -0.382 e. The Kier molecular flexibility index (Phi) is 4.53. The van der Waals surface area contributed by atoms with Gasteiger partial charge >= 0.3 is 0 Å². The molecule has 5 heteroatoms. The number of imidazole rings is 1. The molecule has 2 heterocycles. The van der Waals surface area contributed by atoms with E-state index >= 15 is 0 Å². The van der Waals surface area contributed by atoms with Gasteiger partial charge in [-0.3, -0.25) is 0 Å². The average Bonchev–Trinajstić information content (AvgIpc) is 2.98. The molecule has 1 aromatic heterocycles. The fraction of sp³-hybridized carbons (Fsp3) is 0.750. The molecule has 0 saturated carbocycles. The minimum atomic E-state index is 0.0781. The quantitative estimate of drug-likeness (QED) is 0.803. The summed E-state index contributed by atoms with van der Waals surface area (Å²) in [4.78, 5) is 4.24. The molecule has 1 aromatic rings. The van der Waals surface area contributed by atoms with Crippen LogP contribution >= 0.6 is 0 Å². The van der Waals surface area contributed by atoms with E-state index in [1.54, 1.807) is 14.2 Å². The molecular weight excluding hydrogens is 218 g/mol. The SMILES string of the molecule is COCC(Cn1cncc1C1CCCN1)OC. The fourth-order valence-electron chi connectivity index (χ4n) is 2.31. The largest absolute Gasteiger partial charge is 0.382 e. The highest BCUT2D eigenvalue weighted by atomic mass is 16.5. The van der Waals surface area contributed by atoms with Crippen LogP contribution in [0.3, 0.4) is 0 Å². The topological polar surface area (TPSA) is 48.3 Å². The maximum absolute atomic E-state index is 5.39. The van der Waals surface area contributed by atoms with Crippen molar-refractivity contribution in [2.45, 2.75) is 31.5 Å². The Bertz CT molecular complexity index is 334. The van der Waals surface area contributed by atoms with E-state index in [-0.39, 0.29) is 6.10 Å². The number of hydrogen-bond donors (Lipinski definition) is 1. The predicted molar refractivity (Wildman–Crippen MR) is 64.9 cm³/mol. The Hall–Kier alpha value is -0.910. The van der Waals surface area contributed by atoms with Crippen molar-refractivity contribution in [3.63, 3.8) is 0 Å². The lowest BCUT2D eigenvalue weighted by atomic mass is 10.1. The molecular formula is C12H21N3O2. The maximum atomic E-state index is 5.39. The van der Waals surface area contributed by atoms with Gasteiger partial charge in [-0.05, 0) is 19.4 Å². The van der Waals surface area contributed by atoms with Gasteiger partial charge in [0.25, 0.3) is 0 Å². The van der Waals surface area contributed by atoms with Gasteiger partial charge in [0.1, 0.15) is 0 Å². The lowest BCUT2D eigenvalue weighted by Gasteiger charge is -2.19. The second kappa shape index (κ2) is 6.14. The molecule has 1 N–H and O–H groups in total. The second-order valence-corrected chi connectivity index (χ2v) is 4.43. The van der Waals surface area contributed by atoms with Crippen LogP contribution < -0.4 is 5.32 Å². The van der Waals surface area contributed by atoms with Gasteiger partial charge in [-0.2, -0.15) is 0 Å². The van der Waals surface area contributed by atoms with Crippen LogP contribution in [0.25, 0.3) is 0 Å². The molecule has 1 saturated heterocycles. The normalized spacial score (nSPS) is 21.9. The lowest BCUT2D eigenvalue weighted by molar-refractivity contribution is 0.0177. The fourth-order valence-corrected chi connectivity index (χ4v) is 2.31. The number of nitrogens with zero attached hydrogens (tertiary/aromatic N) is 2. The van der Waals surface area contributed by atoms with Crippen LogP contribution in [-0.2, 0) is 16.0 Å². The van der Waals surface area contributed by atoms with E-state index in [1.165, 1.54) is 18.5 Å². The van der Waals surface area contributed by atoms with Crippen molar-refractivity contribution < 1.29 is 9.47 Å². The molecule has 0 amide bonds. The second-order valence-electron chi connectivity index (χ2n) is 4.43. The molecule has 2 atom stereocenters. The number of ether oxygens (including phenoxy) is 2.